The van der Waals surface area contributed by atoms with E-state index < -0.39 is 0 Å². The van der Waals surface area contributed by atoms with E-state index in [1.807, 2.05) is 0 Å². The van der Waals surface area contributed by atoms with Gasteiger partial charge in [-0.15, -0.1) is 5.92 Å². The van der Waals surface area contributed by atoms with E-state index in [0.717, 1.165) is 6.42 Å². The van der Waals surface area contributed by atoms with Gasteiger partial charge in [-0.1, -0.05) is 129 Å². The maximum atomic E-state index is 3.56. The van der Waals surface area contributed by atoms with E-state index in [2.05, 4.69) is 116 Å². The van der Waals surface area contributed by atoms with Crippen LogP contribution in [0.1, 0.15) is 61.6 Å². The summed E-state index contributed by atoms with van der Waals surface area (Å²) in [6.45, 7) is 2.25. The van der Waals surface area contributed by atoms with Gasteiger partial charge in [-0.05, 0) is 28.7 Å². The normalized spacial score (nSPS) is 11.2. The van der Waals surface area contributed by atoms with E-state index >= 15 is 0 Å². The molecular formula is C29H30. The predicted octanol–water partition coefficient (Wildman–Crippen LogP) is 7.88. The Morgan fingerprint density at radius 3 is 1.83 bits per heavy atom. The Morgan fingerprint density at radius 1 is 0.724 bits per heavy atom. The van der Waals surface area contributed by atoms with Crippen molar-refractivity contribution < 1.29 is 0 Å². The Labute approximate surface area is 176 Å². The molecule has 1 atom stereocenters. The molecule has 0 heterocycles. The van der Waals surface area contributed by atoms with Crippen molar-refractivity contribution in [3.8, 4) is 11.8 Å². The van der Waals surface area contributed by atoms with E-state index in [1.54, 1.807) is 0 Å². The zero-order chi connectivity index (χ0) is 20.2. The maximum absolute atomic E-state index is 3.56. The minimum atomic E-state index is 0.0813. The third kappa shape index (κ3) is 6.51. The molecule has 0 aliphatic heterocycles. The molecule has 0 aromatic heterocycles. The average Bonchev–Trinajstić information content (AvgIpc) is 2.80. The van der Waals surface area contributed by atoms with Crippen molar-refractivity contribution in [1.82, 2.24) is 0 Å². The van der Waals surface area contributed by atoms with Gasteiger partial charge >= 0.3 is 0 Å². The molecule has 0 nitrogen and oxygen atoms in total. The largest absolute Gasteiger partial charge is 0.102 e. The molecule has 0 N–H and O–H groups in total. The zero-order valence-electron chi connectivity index (χ0n) is 17.4. The topological polar surface area (TPSA) is 0 Å². The molecule has 0 fully saturated rings. The summed E-state index contributed by atoms with van der Waals surface area (Å²) in [7, 11) is 0. The average molecular weight is 379 g/mol. The van der Waals surface area contributed by atoms with E-state index in [0.29, 0.717) is 0 Å². The summed E-state index contributed by atoms with van der Waals surface area (Å²) in [5.74, 6) is 7.09. The summed E-state index contributed by atoms with van der Waals surface area (Å²) < 4.78 is 0. The summed E-state index contributed by atoms with van der Waals surface area (Å²) >= 11 is 0. The van der Waals surface area contributed by atoms with Gasteiger partial charge in [-0.2, -0.15) is 0 Å². The molecule has 0 amide bonds. The highest BCUT2D eigenvalue weighted by atomic mass is 14.1. The van der Waals surface area contributed by atoms with Crippen LogP contribution in [0.5, 0.6) is 0 Å². The first-order valence-electron chi connectivity index (χ1n) is 10.7. The van der Waals surface area contributed by atoms with Crippen molar-refractivity contribution in [2.75, 3.05) is 0 Å². The monoisotopic (exact) mass is 378 g/mol. The van der Waals surface area contributed by atoms with Crippen molar-refractivity contribution in [3.05, 3.63) is 114 Å². The van der Waals surface area contributed by atoms with Crippen molar-refractivity contribution >= 4 is 5.57 Å². The van der Waals surface area contributed by atoms with Crippen molar-refractivity contribution in [2.24, 2.45) is 0 Å². The Bertz CT molecular complexity index is 883. The van der Waals surface area contributed by atoms with Gasteiger partial charge in [0.2, 0.25) is 0 Å². The van der Waals surface area contributed by atoms with Crippen LogP contribution in [-0.4, -0.2) is 0 Å². The molecule has 146 valence electrons. The highest BCUT2D eigenvalue weighted by molar-refractivity contribution is 5.80. The van der Waals surface area contributed by atoms with Gasteiger partial charge in [0.15, 0.2) is 0 Å². The molecular weight excluding hydrogens is 348 g/mol. The minimum Gasteiger partial charge on any atom is -0.102 e. The second kappa shape index (κ2) is 11.7. The second-order valence-corrected chi connectivity index (χ2v) is 7.33. The molecule has 1 unspecified atom stereocenters. The fraction of sp³-hybridized carbons (Fsp3) is 0.241. The standard InChI is InChI=1S/C29H30/c1-2-3-4-5-6-10-23-28(25-17-11-7-12-18-25)24-29(26-19-13-8-14-20-26)27-21-15-9-16-22-27/h7-9,11-22,24,28H,2-6H2,1H3. The molecule has 29 heavy (non-hydrogen) atoms. The van der Waals surface area contributed by atoms with E-state index in [-0.39, 0.29) is 5.92 Å². The van der Waals surface area contributed by atoms with Gasteiger partial charge < -0.3 is 0 Å². The summed E-state index contributed by atoms with van der Waals surface area (Å²) in [6, 6.07) is 31.9. The molecule has 0 bridgehead atoms. The summed E-state index contributed by atoms with van der Waals surface area (Å²) in [6.07, 6.45) is 8.34. The van der Waals surface area contributed by atoms with Gasteiger partial charge in [0.1, 0.15) is 0 Å². The summed E-state index contributed by atoms with van der Waals surface area (Å²) in [5, 5.41) is 0. The third-order valence-corrected chi connectivity index (χ3v) is 5.07. The number of allylic oxidation sites excluding steroid dienone is 1. The van der Waals surface area contributed by atoms with Crippen LogP contribution in [0.25, 0.3) is 5.57 Å². The lowest BCUT2D eigenvalue weighted by atomic mass is 9.90. The predicted molar refractivity (Wildman–Crippen MR) is 126 cm³/mol. The molecule has 0 aliphatic rings. The van der Waals surface area contributed by atoms with Crippen LogP contribution in [0.2, 0.25) is 0 Å². The molecule has 0 radical (unpaired) electrons. The molecule has 3 rings (SSSR count). The number of hydrogen-bond donors (Lipinski definition) is 0. The molecule has 0 spiro atoms. The fourth-order valence-electron chi connectivity index (χ4n) is 3.47. The number of hydrogen-bond acceptors (Lipinski definition) is 0. The highest BCUT2D eigenvalue weighted by Crippen LogP contribution is 2.28. The highest BCUT2D eigenvalue weighted by Gasteiger charge is 2.10. The van der Waals surface area contributed by atoms with Crippen LogP contribution in [0.15, 0.2) is 97.1 Å². The summed E-state index contributed by atoms with van der Waals surface area (Å²) in [5.41, 5.74) is 4.94. The lowest BCUT2D eigenvalue weighted by Crippen LogP contribution is -1.96. The van der Waals surface area contributed by atoms with Crippen molar-refractivity contribution in [2.45, 2.75) is 44.9 Å². The lowest BCUT2D eigenvalue weighted by Gasteiger charge is -2.13. The van der Waals surface area contributed by atoms with Crippen LogP contribution in [-0.2, 0) is 0 Å². The number of rotatable bonds is 8. The SMILES string of the molecule is CCCCCCC#CC(C=C(c1ccccc1)c1ccccc1)c1ccccc1. The third-order valence-electron chi connectivity index (χ3n) is 5.07. The van der Waals surface area contributed by atoms with Crippen LogP contribution in [0, 0.1) is 11.8 Å². The lowest BCUT2D eigenvalue weighted by molar-refractivity contribution is 0.679. The van der Waals surface area contributed by atoms with Gasteiger partial charge in [0.05, 0.1) is 5.92 Å². The first-order chi connectivity index (χ1) is 14.4. The molecule has 0 heteroatoms. The van der Waals surface area contributed by atoms with Crippen LogP contribution in [0.3, 0.4) is 0 Å². The van der Waals surface area contributed by atoms with Gasteiger partial charge in [0.25, 0.3) is 0 Å². The Balaban J connectivity index is 1.96. The molecule has 0 saturated carbocycles. The zero-order valence-corrected chi connectivity index (χ0v) is 17.4. The first-order valence-corrected chi connectivity index (χ1v) is 10.7. The molecule has 0 saturated heterocycles. The molecule has 3 aromatic carbocycles. The Kier molecular flexibility index (Phi) is 8.36. The van der Waals surface area contributed by atoms with Gasteiger partial charge in [-0.25, -0.2) is 0 Å². The first kappa shape index (κ1) is 20.7. The quantitative estimate of drug-likeness (QED) is 0.276. The van der Waals surface area contributed by atoms with Gasteiger partial charge in [-0.3, -0.25) is 0 Å². The van der Waals surface area contributed by atoms with Crippen LogP contribution >= 0.6 is 0 Å². The summed E-state index contributed by atoms with van der Waals surface area (Å²) in [4.78, 5) is 0. The van der Waals surface area contributed by atoms with Crippen LogP contribution < -0.4 is 0 Å². The van der Waals surface area contributed by atoms with E-state index in [4.69, 9.17) is 0 Å². The fourth-order valence-corrected chi connectivity index (χ4v) is 3.47. The molecule has 3 aromatic rings. The van der Waals surface area contributed by atoms with Gasteiger partial charge in [0, 0.05) is 6.42 Å². The Morgan fingerprint density at radius 2 is 1.28 bits per heavy atom. The number of unbranched alkanes of at least 4 members (excludes halogenated alkanes) is 4. The smallest absolute Gasteiger partial charge is 0.0641 e. The number of benzene rings is 3. The van der Waals surface area contributed by atoms with Crippen LogP contribution in [0.4, 0.5) is 0 Å². The Hall–Kier alpha value is -3.04. The van der Waals surface area contributed by atoms with Crippen molar-refractivity contribution in [3.63, 3.8) is 0 Å². The van der Waals surface area contributed by atoms with E-state index in [9.17, 15) is 0 Å². The second-order valence-electron chi connectivity index (χ2n) is 7.33. The maximum Gasteiger partial charge on any atom is 0.0641 e. The minimum absolute atomic E-state index is 0.0813. The molecule has 0 aliphatic carbocycles. The van der Waals surface area contributed by atoms with E-state index in [1.165, 1.54) is 47.9 Å². The van der Waals surface area contributed by atoms with Crippen molar-refractivity contribution in [1.29, 1.82) is 0 Å².